The number of hydrogen-bond acceptors (Lipinski definition) is 6. The van der Waals surface area contributed by atoms with Crippen LogP contribution in [0.4, 0.5) is 5.69 Å². The second-order valence-corrected chi connectivity index (χ2v) is 9.87. The van der Waals surface area contributed by atoms with Crippen molar-refractivity contribution in [1.29, 1.82) is 0 Å². The Balaban J connectivity index is 1.57. The normalized spacial score (nSPS) is 11.2. The number of nitrogens with zero attached hydrogens (tertiary/aromatic N) is 3. The van der Waals surface area contributed by atoms with Gasteiger partial charge in [-0.15, -0.1) is 0 Å². The van der Waals surface area contributed by atoms with Gasteiger partial charge in [0.15, 0.2) is 18.1 Å². The number of amides is 1. The van der Waals surface area contributed by atoms with Crippen molar-refractivity contribution in [1.82, 2.24) is 9.66 Å². The van der Waals surface area contributed by atoms with Gasteiger partial charge in [0.2, 0.25) is 0 Å². The molecule has 4 aromatic rings. The second kappa shape index (κ2) is 11.7. The molecule has 0 unspecified atom stereocenters. The van der Waals surface area contributed by atoms with Gasteiger partial charge in [0.1, 0.15) is 5.82 Å². The van der Waals surface area contributed by atoms with Crippen molar-refractivity contribution >= 4 is 60.6 Å². The van der Waals surface area contributed by atoms with E-state index in [1.54, 1.807) is 37.4 Å². The maximum atomic E-state index is 13.0. The van der Waals surface area contributed by atoms with E-state index in [9.17, 15) is 9.59 Å². The minimum atomic E-state index is -0.292. The molecule has 10 heteroatoms. The van der Waals surface area contributed by atoms with Gasteiger partial charge in [0, 0.05) is 10.2 Å². The molecule has 0 radical (unpaired) electrons. The van der Waals surface area contributed by atoms with Crippen molar-refractivity contribution in [2.24, 2.45) is 5.10 Å². The summed E-state index contributed by atoms with van der Waals surface area (Å²) in [5.74, 6) is 0.996. The lowest BCUT2D eigenvalue weighted by Gasteiger charge is -2.15. The van der Waals surface area contributed by atoms with Crippen molar-refractivity contribution in [3.8, 4) is 11.5 Å². The van der Waals surface area contributed by atoms with Crippen LogP contribution in [0.5, 0.6) is 11.5 Å². The maximum Gasteiger partial charge on any atom is 0.282 e. The van der Waals surface area contributed by atoms with Crippen LogP contribution in [-0.4, -0.2) is 35.0 Å². The number of para-hydroxylation sites is 1. The summed E-state index contributed by atoms with van der Waals surface area (Å²) in [5.41, 5.74) is 2.68. The van der Waals surface area contributed by atoms with Crippen molar-refractivity contribution in [3.05, 3.63) is 90.8 Å². The molecule has 8 nitrogen and oxygen atoms in total. The van der Waals surface area contributed by atoms with E-state index >= 15 is 0 Å². The summed E-state index contributed by atoms with van der Waals surface area (Å²) < 4.78 is 14.2. The zero-order valence-corrected chi connectivity index (χ0v) is 23.6. The smallest absolute Gasteiger partial charge is 0.282 e. The van der Waals surface area contributed by atoms with E-state index in [4.69, 9.17) is 9.47 Å². The summed E-state index contributed by atoms with van der Waals surface area (Å²) >= 11 is 6.90. The number of halogens is 2. The molecule has 0 spiro atoms. The van der Waals surface area contributed by atoms with Crippen LogP contribution in [0, 0.1) is 13.8 Å². The van der Waals surface area contributed by atoms with Crippen LogP contribution in [0.1, 0.15) is 23.9 Å². The summed E-state index contributed by atoms with van der Waals surface area (Å²) in [6.45, 7) is 5.68. The molecule has 37 heavy (non-hydrogen) atoms. The predicted molar refractivity (Wildman–Crippen MR) is 152 cm³/mol. The Morgan fingerprint density at radius 2 is 1.89 bits per heavy atom. The predicted octanol–water partition coefficient (Wildman–Crippen LogP) is 5.84. The lowest BCUT2D eigenvalue weighted by atomic mass is 10.2. The van der Waals surface area contributed by atoms with Crippen molar-refractivity contribution in [3.63, 3.8) is 0 Å². The summed E-state index contributed by atoms with van der Waals surface area (Å²) in [7, 11) is 0. The average Bonchev–Trinajstić information content (AvgIpc) is 2.85. The molecule has 0 fully saturated rings. The van der Waals surface area contributed by atoms with Crippen LogP contribution < -0.4 is 20.3 Å². The first-order chi connectivity index (χ1) is 17.8. The minimum absolute atomic E-state index is 0.201. The van der Waals surface area contributed by atoms with Gasteiger partial charge in [0.25, 0.3) is 11.5 Å². The SMILES string of the molecule is CCOc1cc(C=Nn2c(C)nc3ccc(Br)cc3c2=O)cc(Br)c1OCC(=O)Nc1ccccc1C. The summed E-state index contributed by atoms with van der Waals surface area (Å²) in [4.78, 5) is 30.0. The van der Waals surface area contributed by atoms with Gasteiger partial charge >= 0.3 is 0 Å². The van der Waals surface area contributed by atoms with Gasteiger partial charge in [0.05, 0.1) is 28.2 Å². The molecule has 1 aromatic heterocycles. The third-order valence-corrected chi connectivity index (χ3v) is 6.47. The monoisotopic (exact) mass is 626 g/mol. The van der Waals surface area contributed by atoms with E-state index in [0.717, 1.165) is 15.7 Å². The molecule has 0 bridgehead atoms. The highest BCUT2D eigenvalue weighted by atomic mass is 79.9. The molecule has 3 aromatic carbocycles. The number of carbonyl (C=O) groups excluding carboxylic acids is 1. The minimum Gasteiger partial charge on any atom is -0.490 e. The Hall–Kier alpha value is -3.50. The highest BCUT2D eigenvalue weighted by Crippen LogP contribution is 2.36. The molecule has 0 saturated heterocycles. The quantitative estimate of drug-likeness (QED) is 0.248. The molecule has 0 saturated carbocycles. The summed E-state index contributed by atoms with van der Waals surface area (Å²) in [6, 6.07) is 16.4. The van der Waals surface area contributed by atoms with Gasteiger partial charge in [-0.05, 0) is 84.2 Å². The number of aryl methyl sites for hydroxylation is 2. The van der Waals surface area contributed by atoms with Gasteiger partial charge in [-0.3, -0.25) is 9.59 Å². The first-order valence-electron chi connectivity index (χ1n) is 11.4. The number of aromatic nitrogens is 2. The van der Waals surface area contributed by atoms with E-state index in [0.29, 0.717) is 44.9 Å². The average molecular weight is 628 g/mol. The highest BCUT2D eigenvalue weighted by molar-refractivity contribution is 9.10. The van der Waals surface area contributed by atoms with Crippen molar-refractivity contribution < 1.29 is 14.3 Å². The molecule has 0 atom stereocenters. The largest absolute Gasteiger partial charge is 0.490 e. The van der Waals surface area contributed by atoms with E-state index in [1.165, 1.54) is 4.68 Å². The number of rotatable bonds is 8. The zero-order valence-electron chi connectivity index (χ0n) is 20.4. The maximum absolute atomic E-state index is 13.0. The Morgan fingerprint density at radius 3 is 2.65 bits per heavy atom. The number of carbonyl (C=O) groups is 1. The third kappa shape index (κ3) is 6.26. The Labute approximate surface area is 230 Å². The second-order valence-electron chi connectivity index (χ2n) is 8.10. The summed E-state index contributed by atoms with van der Waals surface area (Å²) in [5, 5.41) is 7.68. The lowest BCUT2D eigenvalue weighted by Crippen LogP contribution is -2.21. The van der Waals surface area contributed by atoms with Crippen LogP contribution in [-0.2, 0) is 4.79 Å². The standard InChI is InChI=1S/C27H24Br2N4O4/c1-4-36-24-12-18(14-30-33-17(3)31-23-10-9-19(28)13-20(23)27(33)35)11-21(29)26(24)37-15-25(34)32-22-8-6-5-7-16(22)2/h5-14H,4,15H2,1-3H3,(H,32,34). The van der Waals surface area contributed by atoms with Crippen LogP contribution >= 0.6 is 31.9 Å². The van der Waals surface area contributed by atoms with Gasteiger partial charge in [-0.2, -0.15) is 9.78 Å². The van der Waals surface area contributed by atoms with Crippen molar-refractivity contribution in [2.45, 2.75) is 20.8 Å². The fourth-order valence-corrected chi connectivity index (χ4v) is 4.56. The Bertz CT molecular complexity index is 1570. The van der Waals surface area contributed by atoms with Gasteiger partial charge in [-0.1, -0.05) is 34.1 Å². The first-order valence-corrected chi connectivity index (χ1v) is 13.0. The third-order valence-electron chi connectivity index (χ3n) is 5.39. The van der Waals surface area contributed by atoms with E-state index in [-0.39, 0.29) is 18.1 Å². The number of nitrogens with one attached hydrogen (secondary N) is 1. The Morgan fingerprint density at radius 1 is 1.11 bits per heavy atom. The van der Waals surface area contributed by atoms with Crippen molar-refractivity contribution in [2.75, 3.05) is 18.5 Å². The van der Waals surface area contributed by atoms with E-state index in [2.05, 4.69) is 47.3 Å². The number of anilines is 1. The molecular weight excluding hydrogens is 604 g/mol. The van der Waals surface area contributed by atoms with Crippen LogP contribution in [0.2, 0.25) is 0 Å². The fourth-order valence-electron chi connectivity index (χ4n) is 3.62. The molecule has 0 aliphatic heterocycles. The van der Waals surface area contributed by atoms with Crippen LogP contribution in [0.3, 0.4) is 0 Å². The molecular formula is C27H24Br2N4O4. The van der Waals surface area contributed by atoms with E-state index < -0.39 is 0 Å². The van der Waals surface area contributed by atoms with Gasteiger partial charge < -0.3 is 14.8 Å². The molecule has 1 heterocycles. The Kier molecular flexibility index (Phi) is 8.40. The molecule has 190 valence electrons. The van der Waals surface area contributed by atoms with E-state index in [1.807, 2.05) is 44.2 Å². The number of benzene rings is 3. The number of ether oxygens (including phenoxy) is 2. The highest BCUT2D eigenvalue weighted by Gasteiger charge is 2.15. The molecule has 0 aliphatic rings. The molecule has 4 rings (SSSR count). The summed E-state index contributed by atoms with van der Waals surface area (Å²) in [6.07, 6.45) is 1.54. The lowest BCUT2D eigenvalue weighted by molar-refractivity contribution is -0.118. The molecule has 1 N–H and O–H groups in total. The van der Waals surface area contributed by atoms with Gasteiger partial charge in [-0.25, -0.2) is 4.98 Å². The van der Waals surface area contributed by atoms with Crippen LogP contribution in [0.25, 0.3) is 10.9 Å². The molecule has 1 amide bonds. The fraction of sp³-hybridized carbons (Fsp3) is 0.185. The zero-order chi connectivity index (χ0) is 26.5. The molecule has 0 aliphatic carbocycles. The number of hydrogen-bond donors (Lipinski definition) is 1. The van der Waals surface area contributed by atoms with Crippen LogP contribution in [0.15, 0.2) is 73.4 Å². The number of fused-ring (bicyclic) bond motifs is 1. The first kappa shape index (κ1) is 26.6. The topological polar surface area (TPSA) is 94.8 Å².